The summed E-state index contributed by atoms with van der Waals surface area (Å²) in [4.78, 5) is 25.3. The van der Waals surface area contributed by atoms with E-state index < -0.39 is 11.3 Å². The molecule has 1 aromatic heterocycles. The Bertz CT molecular complexity index is 1010. The number of carbonyl (C=O) groups excluding carboxylic acids is 2. The van der Waals surface area contributed by atoms with Crippen molar-refractivity contribution >= 4 is 17.5 Å². The molecule has 7 heteroatoms. The standard InChI is InChI=1S/C21H22N4O3/c1-12-17(10-23-25-12)24-19(26)14-8-15-16(13-6-4-3-5-7-13)11-28-18(15)21(2,9-14)20(22)27/h3-8,10,16H,9,11H2,1-2H3,(H2,22,27)(H,23,25)(H,24,26). The summed E-state index contributed by atoms with van der Waals surface area (Å²) in [7, 11) is 0. The van der Waals surface area contributed by atoms with Crippen molar-refractivity contribution in [2.75, 3.05) is 11.9 Å². The van der Waals surface area contributed by atoms with Gasteiger partial charge in [-0.1, -0.05) is 30.3 Å². The minimum atomic E-state index is -1.06. The number of aromatic amines is 1. The third kappa shape index (κ3) is 2.89. The van der Waals surface area contributed by atoms with Crippen molar-refractivity contribution < 1.29 is 14.3 Å². The van der Waals surface area contributed by atoms with Crippen LogP contribution >= 0.6 is 0 Å². The second-order valence-corrected chi connectivity index (χ2v) is 7.46. The van der Waals surface area contributed by atoms with Gasteiger partial charge in [0.15, 0.2) is 0 Å². The number of nitrogens with one attached hydrogen (secondary N) is 2. The normalized spacial score (nSPS) is 23.6. The average Bonchev–Trinajstić information content (AvgIpc) is 3.29. The van der Waals surface area contributed by atoms with Crippen LogP contribution in [0.3, 0.4) is 0 Å². The van der Waals surface area contributed by atoms with Crippen LogP contribution in [0.5, 0.6) is 0 Å². The number of anilines is 1. The lowest BCUT2D eigenvalue weighted by Crippen LogP contribution is -2.39. The molecule has 0 saturated carbocycles. The van der Waals surface area contributed by atoms with Gasteiger partial charge in [0.2, 0.25) is 5.91 Å². The molecule has 2 aromatic rings. The fourth-order valence-electron chi connectivity index (χ4n) is 3.83. The van der Waals surface area contributed by atoms with E-state index >= 15 is 0 Å². The Kier molecular flexibility index (Phi) is 4.30. The fourth-order valence-corrected chi connectivity index (χ4v) is 3.83. The summed E-state index contributed by atoms with van der Waals surface area (Å²) in [5, 5.41) is 9.56. The maximum atomic E-state index is 12.9. The first-order valence-electron chi connectivity index (χ1n) is 9.14. The van der Waals surface area contributed by atoms with Gasteiger partial charge in [0.1, 0.15) is 11.2 Å². The largest absolute Gasteiger partial charge is 0.495 e. The van der Waals surface area contributed by atoms with Crippen LogP contribution in [0.4, 0.5) is 5.69 Å². The Morgan fingerprint density at radius 2 is 2.07 bits per heavy atom. The number of carbonyl (C=O) groups is 2. The zero-order valence-electron chi connectivity index (χ0n) is 15.8. The summed E-state index contributed by atoms with van der Waals surface area (Å²) in [6.45, 7) is 3.98. The van der Waals surface area contributed by atoms with E-state index in [4.69, 9.17) is 10.5 Å². The molecule has 0 spiro atoms. The fraction of sp³-hybridized carbons (Fsp3) is 0.286. The van der Waals surface area contributed by atoms with Crippen LogP contribution < -0.4 is 11.1 Å². The lowest BCUT2D eigenvalue weighted by molar-refractivity contribution is -0.126. The highest BCUT2D eigenvalue weighted by Gasteiger charge is 2.47. The molecule has 0 fully saturated rings. The van der Waals surface area contributed by atoms with Crippen molar-refractivity contribution in [3.63, 3.8) is 0 Å². The molecule has 28 heavy (non-hydrogen) atoms. The maximum Gasteiger partial charge on any atom is 0.251 e. The SMILES string of the molecule is Cc1[nH]ncc1NC(=O)C1=CC2=C(OCC2c2ccccc2)C(C)(C(N)=O)C1. The average molecular weight is 378 g/mol. The molecule has 2 atom stereocenters. The summed E-state index contributed by atoms with van der Waals surface area (Å²) in [5.74, 6) is -0.257. The van der Waals surface area contributed by atoms with Gasteiger partial charge in [0, 0.05) is 17.1 Å². The Morgan fingerprint density at radius 3 is 2.71 bits per heavy atom. The Morgan fingerprint density at radius 1 is 1.32 bits per heavy atom. The van der Waals surface area contributed by atoms with E-state index in [-0.39, 0.29) is 18.2 Å². The Balaban J connectivity index is 1.73. The molecule has 4 rings (SSSR count). The third-order valence-corrected chi connectivity index (χ3v) is 5.52. The predicted octanol–water partition coefficient (Wildman–Crippen LogP) is 2.55. The summed E-state index contributed by atoms with van der Waals surface area (Å²) in [6.07, 6.45) is 3.58. The van der Waals surface area contributed by atoms with Gasteiger partial charge in [0.25, 0.3) is 5.91 Å². The van der Waals surface area contributed by atoms with Gasteiger partial charge >= 0.3 is 0 Å². The number of aromatic nitrogens is 2. The number of ether oxygens (including phenoxy) is 1. The maximum absolute atomic E-state index is 12.9. The molecule has 1 aliphatic carbocycles. The van der Waals surface area contributed by atoms with E-state index in [1.807, 2.05) is 43.3 Å². The van der Waals surface area contributed by atoms with Crippen molar-refractivity contribution in [1.82, 2.24) is 10.2 Å². The summed E-state index contributed by atoms with van der Waals surface area (Å²) < 4.78 is 5.94. The second-order valence-electron chi connectivity index (χ2n) is 7.46. The first kappa shape index (κ1) is 18.0. The lowest BCUT2D eigenvalue weighted by Gasteiger charge is -2.31. The van der Waals surface area contributed by atoms with Crippen molar-refractivity contribution in [2.45, 2.75) is 26.2 Å². The van der Waals surface area contributed by atoms with Crippen LogP contribution in [-0.2, 0) is 14.3 Å². The Labute approximate surface area is 162 Å². The van der Waals surface area contributed by atoms with Crippen LogP contribution in [-0.4, -0.2) is 28.6 Å². The summed E-state index contributed by atoms with van der Waals surface area (Å²) in [6, 6.07) is 9.90. The molecular weight excluding hydrogens is 356 g/mol. The highest BCUT2D eigenvalue weighted by Crippen LogP contribution is 2.49. The first-order chi connectivity index (χ1) is 13.4. The van der Waals surface area contributed by atoms with Gasteiger partial charge in [-0.25, -0.2) is 0 Å². The molecule has 0 radical (unpaired) electrons. The monoisotopic (exact) mass is 378 g/mol. The van der Waals surface area contributed by atoms with E-state index in [1.54, 1.807) is 13.1 Å². The van der Waals surface area contributed by atoms with E-state index in [0.29, 0.717) is 23.6 Å². The Hall–Kier alpha value is -3.35. The molecule has 144 valence electrons. The molecule has 2 unspecified atom stereocenters. The quantitative estimate of drug-likeness (QED) is 0.759. The lowest BCUT2D eigenvalue weighted by atomic mass is 9.73. The zero-order chi connectivity index (χ0) is 19.9. The molecule has 2 amide bonds. The number of amides is 2. The number of hydrogen-bond acceptors (Lipinski definition) is 4. The van der Waals surface area contributed by atoms with Gasteiger partial charge in [-0.05, 0) is 31.9 Å². The number of benzene rings is 1. The number of nitrogens with zero attached hydrogens (tertiary/aromatic N) is 1. The predicted molar refractivity (Wildman–Crippen MR) is 104 cm³/mol. The van der Waals surface area contributed by atoms with Crippen molar-refractivity contribution in [3.8, 4) is 0 Å². The van der Waals surface area contributed by atoms with Gasteiger partial charge < -0.3 is 15.8 Å². The highest BCUT2D eigenvalue weighted by atomic mass is 16.5. The summed E-state index contributed by atoms with van der Waals surface area (Å²) in [5.41, 5.74) is 8.44. The minimum Gasteiger partial charge on any atom is -0.495 e. The number of rotatable bonds is 4. The number of aryl methyl sites for hydroxylation is 1. The van der Waals surface area contributed by atoms with Gasteiger partial charge in [-0.2, -0.15) is 5.10 Å². The first-order valence-corrected chi connectivity index (χ1v) is 9.14. The molecule has 2 heterocycles. The van der Waals surface area contributed by atoms with Gasteiger partial charge in [-0.3, -0.25) is 14.7 Å². The van der Waals surface area contributed by atoms with E-state index in [9.17, 15) is 9.59 Å². The summed E-state index contributed by atoms with van der Waals surface area (Å²) >= 11 is 0. The van der Waals surface area contributed by atoms with Crippen LogP contribution in [0.15, 0.2) is 59.5 Å². The van der Waals surface area contributed by atoms with Gasteiger partial charge in [-0.15, -0.1) is 0 Å². The third-order valence-electron chi connectivity index (χ3n) is 5.52. The highest BCUT2D eigenvalue weighted by molar-refractivity contribution is 6.05. The van der Waals surface area contributed by atoms with Crippen molar-refractivity contribution in [1.29, 1.82) is 0 Å². The van der Waals surface area contributed by atoms with Crippen LogP contribution in [0, 0.1) is 12.3 Å². The smallest absolute Gasteiger partial charge is 0.251 e. The van der Waals surface area contributed by atoms with Crippen molar-refractivity contribution in [3.05, 3.63) is 70.8 Å². The molecule has 4 N–H and O–H groups in total. The molecule has 2 aliphatic rings. The molecule has 0 bridgehead atoms. The molecule has 0 saturated heterocycles. The number of primary amides is 1. The number of hydrogen-bond donors (Lipinski definition) is 3. The van der Waals surface area contributed by atoms with Gasteiger partial charge in [0.05, 0.1) is 24.2 Å². The van der Waals surface area contributed by atoms with E-state index in [2.05, 4.69) is 15.5 Å². The van der Waals surface area contributed by atoms with E-state index in [1.165, 1.54) is 0 Å². The molecule has 1 aromatic carbocycles. The number of nitrogens with two attached hydrogens (primary N) is 1. The van der Waals surface area contributed by atoms with Crippen LogP contribution in [0.2, 0.25) is 0 Å². The van der Waals surface area contributed by atoms with Crippen LogP contribution in [0.25, 0.3) is 0 Å². The zero-order valence-corrected chi connectivity index (χ0v) is 15.8. The second kappa shape index (κ2) is 6.67. The van der Waals surface area contributed by atoms with Crippen molar-refractivity contribution in [2.24, 2.45) is 11.1 Å². The molecule has 7 nitrogen and oxygen atoms in total. The molecule has 1 aliphatic heterocycles. The molecular formula is C21H22N4O3. The topological polar surface area (TPSA) is 110 Å². The number of allylic oxidation sites excluding steroid dienone is 1. The van der Waals surface area contributed by atoms with E-state index in [0.717, 1.165) is 16.8 Å². The number of H-pyrrole nitrogens is 1. The minimum absolute atomic E-state index is 0.0476. The van der Waals surface area contributed by atoms with Crippen LogP contribution in [0.1, 0.15) is 30.5 Å².